The zero-order chi connectivity index (χ0) is 11.4. The summed E-state index contributed by atoms with van der Waals surface area (Å²) < 4.78 is 5.14. The van der Waals surface area contributed by atoms with Crippen molar-refractivity contribution in [3.8, 4) is 0 Å². The topological polar surface area (TPSA) is 21.3 Å². The monoisotopic (exact) mass is 237 g/mol. The van der Waals surface area contributed by atoms with Gasteiger partial charge in [0.2, 0.25) is 0 Å². The van der Waals surface area contributed by atoms with Gasteiger partial charge in [-0.15, -0.1) is 11.8 Å². The van der Waals surface area contributed by atoms with Crippen LogP contribution in [0.3, 0.4) is 0 Å². The molecule has 0 amide bonds. The summed E-state index contributed by atoms with van der Waals surface area (Å²) in [6.45, 7) is 4.06. The molecule has 0 spiro atoms. The van der Waals surface area contributed by atoms with Crippen LogP contribution >= 0.6 is 11.8 Å². The van der Waals surface area contributed by atoms with Crippen LogP contribution in [0, 0.1) is 5.92 Å². The normalized spacial score (nSPS) is 20.8. The van der Waals surface area contributed by atoms with E-state index < -0.39 is 0 Å². The third-order valence-corrected chi connectivity index (χ3v) is 4.05. The van der Waals surface area contributed by atoms with E-state index in [1.807, 2.05) is 11.8 Å². The molecule has 1 aliphatic heterocycles. The minimum atomic E-state index is 0.514. The summed E-state index contributed by atoms with van der Waals surface area (Å²) in [5, 5.41) is 3.62. The summed E-state index contributed by atoms with van der Waals surface area (Å²) in [6, 6.07) is 9.19. The molecule has 0 aromatic heterocycles. The van der Waals surface area contributed by atoms with E-state index in [9.17, 15) is 0 Å². The predicted molar refractivity (Wildman–Crippen MR) is 68.9 cm³/mol. The van der Waals surface area contributed by atoms with E-state index in [-0.39, 0.29) is 0 Å². The van der Waals surface area contributed by atoms with E-state index in [0.717, 1.165) is 18.9 Å². The Morgan fingerprint density at radius 1 is 1.50 bits per heavy atom. The van der Waals surface area contributed by atoms with Crippen LogP contribution in [0.1, 0.15) is 18.5 Å². The van der Waals surface area contributed by atoms with Crippen molar-refractivity contribution in [2.24, 2.45) is 5.92 Å². The van der Waals surface area contributed by atoms with Crippen LogP contribution in [-0.4, -0.2) is 26.0 Å². The fraction of sp³-hybridized carbons (Fsp3) is 0.538. The maximum Gasteiger partial charge on any atom is 0.0499 e. The second-order valence-electron chi connectivity index (χ2n) is 4.37. The highest BCUT2D eigenvalue weighted by molar-refractivity contribution is 7.99. The van der Waals surface area contributed by atoms with E-state index in [2.05, 4.69) is 36.5 Å². The number of hydrogen-bond donors (Lipinski definition) is 1. The number of thioether (sulfide) groups is 1. The van der Waals surface area contributed by atoms with Gasteiger partial charge < -0.3 is 10.1 Å². The summed E-state index contributed by atoms with van der Waals surface area (Å²) in [5.41, 5.74) is 1.46. The quantitative estimate of drug-likeness (QED) is 0.851. The molecule has 1 heterocycles. The summed E-state index contributed by atoms with van der Waals surface area (Å²) in [7, 11) is 1.76. The van der Waals surface area contributed by atoms with Gasteiger partial charge in [-0.2, -0.15) is 0 Å². The molecule has 0 saturated carbocycles. The number of rotatable bonds is 5. The number of ether oxygens (including phenoxy) is 1. The Balaban J connectivity index is 1.88. The Labute approximate surface area is 102 Å². The van der Waals surface area contributed by atoms with Crippen molar-refractivity contribution >= 4 is 11.8 Å². The smallest absolute Gasteiger partial charge is 0.0499 e. The molecule has 16 heavy (non-hydrogen) atoms. The highest BCUT2D eigenvalue weighted by atomic mass is 32.2. The molecule has 3 heteroatoms. The molecule has 0 radical (unpaired) electrons. The van der Waals surface area contributed by atoms with Gasteiger partial charge in [0.1, 0.15) is 0 Å². The molecule has 2 atom stereocenters. The first kappa shape index (κ1) is 12.0. The molecule has 0 bridgehead atoms. The van der Waals surface area contributed by atoms with Crippen molar-refractivity contribution in [2.45, 2.75) is 17.9 Å². The van der Waals surface area contributed by atoms with Gasteiger partial charge in [0.05, 0.1) is 0 Å². The molecular formula is C13H19NOS. The van der Waals surface area contributed by atoms with Gasteiger partial charge in [0.25, 0.3) is 0 Å². The minimum absolute atomic E-state index is 0.514. The number of hydrogen-bond acceptors (Lipinski definition) is 3. The van der Waals surface area contributed by atoms with Crippen LogP contribution in [0.2, 0.25) is 0 Å². The van der Waals surface area contributed by atoms with Crippen molar-refractivity contribution in [2.75, 3.05) is 26.0 Å². The van der Waals surface area contributed by atoms with Crippen molar-refractivity contribution in [1.29, 1.82) is 0 Å². The lowest BCUT2D eigenvalue weighted by Crippen LogP contribution is -2.28. The van der Waals surface area contributed by atoms with Gasteiger partial charge in [0, 0.05) is 37.0 Å². The summed E-state index contributed by atoms with van der Waals surface area (Å²) in [4.78, 5) is 1.43. The Hall–Kier alpha value is -0.510. The fourth-order valence-electron chi connectivity index (χ4n) is 2.02. The van der Waals surface area contributed by atoms with E-state index >= 15 is 0 Å². The molecule has 1 N–H and O–H groups in total. The third-order valence-electron chi connectivity index (χ3n) is 2.86. The number of fused-ring (bicyclic) bond motifs is 1. The van der Waals surface area contributed by atoms with Gasteiger partial charge in [-0.1, -0.05) is 25.1 Å². The lowest BCUT2D eigenvalue weighted by atomic mass is 10.1. The van der Waals surface area contributed by atoms with E-state index in [1.165, 1.54) is 10.5 Å². The van der Waals surface area contributed by atoms with Crippen LogP contribution in [0.15, 0.2) is 29.2 Å². The molecule has 88 valence electrons. The second kappa shape index (κ2) is 5.71. The lowest BCUT2D eigenvalue weighted by molar-refractivity contribution is 0.157. The number of nitrogens with one attached hydrogen (secondary N) is 1. The molecule has 2 rings (SSSR count). The average Bonchev–Trinajstić information content (AvgIpc) is 2.70. The SMILES string of the molecule is COCC(C)CNC1CSc2ccccc21. The van der Waals surface area contributed by atoms with Crippen molar-refractivity contribution < 1.29 is 4.74 Å². The zero-order valence-corrected chi connectivity index (χ0v) is 10.7. The Kier molecular flexibility index (Phi) is 4.27. The maximum absolute atomic E-state index is 5.14. The van der Waals surface area contributed by atoms with Gasteiger partial charge in [-0.05, 0) is 17.5 Å². The van der Waals surface area contributed by atoms with E-state index in [4.69, 9.17) is 4.74 Å². The van der Waals surface area contributed by atoms with Crippen LogP contribution in [0.25, 0.3) is 0 Å². The summed E-state index contributed by atoms with van der Waals surface area (Å²) in [6.07, 6.45) is 0. The Morgan fingerprint density at radius 3 is 3.12 bits per heavy atom. The highest BCUT2D eigenvalue weighted by Gasteiger charge is 2.22. The second-order valence-corrected chi connectivity index (χ2v) is 5.43. The highest BCUT2D eigenvalue weighted by Crippen LogP contribution is 2.37. The van der Waals surface area contributed by atoms with Gasteiger partial charge in [-0.3, -0.25) is 0 Å². The molecule has 0 fully saturated rings. The third kappa shape index (κ3) is 2.78. The van der Waals surface area contributed by atoms with E-state index in [0.29, 0.717) is 12.0 Å². The predicted octanol–water partition coefficient (Wildman–Crippen LogP) is 2.71. The summed E-state index contributed by atoms with van der Waals surface area (Å²) in [5.74, 6) is 1.72. The zero-order valence-electron chi connectivity index (χ0n) is 9.90. The van der Waals surface area contributed by atoms with Crippen molar-refractivity contribution in [3.05, 3.63) is 29.8 Å². The lowest BCUT2D eigenvalue weighted by Gasteiger charge is -2.16. The van der Waals surface area contributed by atoms with Crippen molar-refractivity contribution in [1.82, 2.24) is 5.32 Å². The van der Waals surface area contributed by atoms with Crippen LogP contribution in [0.4, 0.5) is 0 Å². The standard InChI is InChI=1S/C13H19NOS/c1-10(8-15-2)7-14-12-9-16-13-6-4-3-5-11(12)13/h3-6,10,12,14H,7-9H2,1-2H3. The van der Waals surface area contributed by atoms with Crippen LogP contribution < -0.4 is 5.32 Å². The molecule has 1 aromatic rings. The summed E-state index contributed by atoms with van der Waals surface area (Å²) >= 11 is 1.95. The molecule has 1 aliphatic rings. The molecule has 0 aliphatic carbocycles. The number of benzene rings is 1. The molecular weight excluding hydrogens is 218 g/mol. The van der Waals surface area contributed by atoms with Gasteiger partial charge in [0.15, 0.2) is 0 Å². The first-order chi connectivity index (χ1) is 7.81. The fourth-order valence-corrected chi connectivity index (χ4v) is 3.21. The largest absolute Gasteiger partial charge is 0.384 e. The first-order valence-electron chi connectivity index (χ1n) is 5.75. The average molecular weight is 237 g/mol. The molecule has 2 nitrogen and oxygen atoms in total. The van der Waals surface area contributed by atoms with E-state index in [1.54, 1.807) is 7.11 Å². The molecule has 2 unspecified atom stereocenters. The van der Waals surface area contributed by atoms with Crippen molar-refractivity contribution in [3.63, 3.8) is 0 Å². The Bertz CT molecular complexity index is 342. The first-order valence-corrected chi connectivity index (χ1v) is 6.74. The number of methoxy groups -OCH3 is 1. The van der Waals surface area contributed by atoms with Crippen LogP contribution in [-0.2, 0) is 4.74 Å². The van der Waals surface area contributed by atoms with Crippen LogP contribution in [0.5, 0.6) is 0 Å². The minimum Gasteiger partial charge on any atom is -0.384 e. The van der Waals surface area contributed by atoms with Gasteiger partial charge in [-0.25, -0.2) is 0 Å². The molecule has 1 aromatic carbocycles. The maximum atomic E-state index is 5.14. The molecule has 0 saturated heterocycles. The Morgan fingerprint density at radius 2 is 2.31 bits per heavy atom. The van der Waals surface area contributed by atoms with Gasteiger partial charge >= 0.3 is 0 Å².